The van der Waals surface area contributed by atoms with Crippen LogP contribution in [0.2, 0.25) is 0 Å². The standard InChI is InChI=1S/C77H148O17P2/c1-5-9-13-17-21-25-29-33-35-39-41-45-49-53-57-61-74(79)87-67-72(93-76(81)63-59-55-51-47-43-37-31-27-23-19-15-11-7-3)69-91-95(83,84)89-65-71(78)66-90-96(85,86)92-70-73(94-77(82)64-60-56-52-48-44-38-32-28-24-20-16-12-8-4)68-88-75(80)62-58-54-50-46-42-40-36-34-30-26-22-18-14-10-6-2/h33,35,71-73,78H,5-32,34,36-70H2,1-4H3,(H,83,84)(H,85,86)/b35-33-/t71-,72+,73+/m0/s1. The summed E-state index contributed by atoms with van der Waals surface area (Å²) in [6.45, 7) is 4.98. The van der Waals surface area contributed by atoms with Crippen LogP contribution in [0.5, 0.6) is 0 Å². The molecule has 568 valence electrons. The van der Waals surface area contributed by atoms with Crippen molar-refractivity contribution in [3.8, 4) is 0 Å². The lowest BCUT2D eigenvalue weighted by Gasteiger charge is -2.21. The fourth-order valence-electron chi connectivity index (χ4n) is 11.6. The van der Waals surface area contributed by atoms with Crippen molar-refractivity contribution in [2.24, 2.45) is 0 Å². The number of hydrogen-bond acceptors (Lipinski definition) is 15. The van der Waals surface area contributed by atoms with E-state index >= 15 is 0 Å². The predicted octanol–water partition coefficient (Wildman–Crippen LogP) is 22.8. The molecule has 0 saturated heterocycles. The van der Waals surface area contributed by atoms with Crippen molar-refractivity contribution in [3.63, 3.8) is 0 Å². The van der Waals surface area contributed by atoms with E-state index in [1.807, 2.05) is 0 Å². The molecule has 17 nitrogen and oxygen atoms in total. The first-order valence-electron chi connectivity index (χ1n) is 39.9. The third-order valence-electron chi connectivity index (χ3n) is 17.8. The monoisotopic (exact) mass is 1410 g/mol. The molecule has 0 fully saturated rings. The van der Waals surface area contributed by atoms with E-state index in [1.165, 1.54) is 212 Å². The number of aliphatic hydroxyl groups is 1. The van der Waals surface area contributed by atoms with E-state index in [1.54, 1.807) is 0 Å². The molecule has 96 heavy (non-hydrogen) atoms. The quantitative estimate of drug-likeness (QED) is 0.0169. The molecule has 0 aliphatic heterocycles. The van der Waals surface area contributed by atoms with E-state index in [-0.39, 0.29) is 25.7 Å². The van der Waals surface area contributed by atoms with E-state index < -0.39 is 97.5 Å². The van der Waals surface area contributed by atoms with Gasteiger partial charge in [-0.25, -0.2) is 9.13 Å². The Morgan fingerprint density at radius 1 is 0.281 bits per heavy atom. The number of carbonyl (C=O) groups excluding carboxylic acids is 4. The first-order chi connectivity index (χ1) is 46.7. The molecule has 5 atom stereocenters. The summed E-state index contributed by atoms with van der Waals surface area (Å²) in [7, 11) is -9.92. The first-order valence-corrected chi connectivity index (χ1v) is 42.9. The van der Waals surface area contributed by atoms with Crippen molar-refractivity contribution in [1.29, 1.82) is 0 Å². The van der Waals surface area contributed by atoms with Gasteiger partial charge in [-0.05, 0) is 51.4 Å². The zero-order valence-corrected chi connectivity index (χ0v) is 63.9. The molecule has 19 heteroatoms. The summed E-state index contributed by atoms with van der Waals surface area (Å²) >= 11 is 0. The second kappa shape index (κ2) is 71.2. The SMILES string of the molecule is CCCCCCCC/C=C\CCCCCCCC(=O)OC[C@H](COP(=O)(O)OC[C@H](O)COP(=O)(O)OC[C@@H](COC(=O)CCCCCCCCCCCCCCCCC)OC(=O)CCCCCCCCCCCCCCC)OC(=O)CCCCCCCCCCCCCCC. The molecular weight excluding hydrogens is 1260 g/mol. The van der Waals surface area contributed by atoms with Crippen LogP contribution < -0.4 is 0 Å². The van der Waals surface area contributed by atoms with Gasteiger partial charge in [0.15, 0.2) is 12.2 Å². The Hall–Kier alpha value is -2.20. The molecule has 0 heterocycles. The van der Waals surface area contributed by atoms with Gasteiger partial charge in [-0.2, -0.15) is 0 Å². The molecule has 0 amide bonds. The summed E-state index contributed by atoms with van der Waals surface area (Å²) in [6.07, 6.45) is 63.3. The van der Waals surface area contributed by atoms with E-state index in [4.69, 9.17) is 37.0 Å². The number of rotatable bonds is 77. The lowest BCUT2D eigenvalue weighted by atomic mass is 10.0. The van der Waals surface area contributed by atoms with Crippen LogP contribution in [-0.2, 0) is 65.4 Å². The zero-order chi connectivity index (χ0) is 70.4. The van der Waals surface area contributed by atoms with Gasteiger partial charge in [-0.1, -0.05) is 335 Å². The third kappa shape index (κ3) is 70.2. The normalized spacial score (nSPS) is 13.9. The van der Waals surface area contributed by atoms with Gasteiger partial charge < -0.3 is 33.8 Å². The number of ether oxygens (including phenoxy) is 4. The molecule has 0 aliphatic rings. The van der Waals surface area contributed by atoms with Crippen LogP contribution in [0.25, 0.3) is 0 Å². The summed E-state index contributed by atoms with van der Waals surface area (Å²) < 4.78 is 68.6. The number of unbranched alkanes of at least 4 members (excludes halogenated alkanes) is 49. The van der Waals surface area contributed by atoms with Gasteiger partial charge in [-0.15, -0.1) is 0 Å². The maximum absolute atomic E-state index is 13.1. The first kappa shape index (κ1) is 93.8. The Bertz CT molecular complexity index is 1870. The number of phosphoric ester groups is 2. The van der Waals surface area contributed by atoms with Crippen molar-refractivity contribution in [3.05, 3.63) is 12.2 Å². The van der Waals surface area contributed by atoms with Crippen molar-refractivity contribution in [2.75, 3.05) is 39.6 Å². The smallest absolute Gasteiger partial charge is 0.462 e. The lowest BCUT2D eigenvalue weighted by molar-refractivity contribution is -0.161. The fraction of sp³-hybridized carbons (Fsp3) is 0.922. The number of aliphatic hydroxyl groups excluding tert-OH is 1. The zero-order valence-electron chi connectivity index (χ0n) is 62.1. The second-order valence-corrected chi connectivity index (χ2v) is 30.3. The van der Waals surface area contributed by atoms with Gasteiger partial charge >= 0.3 is 39.5 Å². The van der Waals surface area contributed by atoms with Crippen molar-refractivity contribution in [1.82, 2.24) is 0 Å². The maximum atomic E-state index is 13.1. The van der Waals surface area contributed by atoms with Crippen molar-refractivity contribution < 1.29 is 80.2 Å². The summed E-state index contributed by atoms with van der Waals surface area (Å²) in [5, 5.41) is 10.6. The van der Waals surface area contributed by atoms with Gasteiger partial charge in [0, 0.05) is 25.7 Å². The van der Waals surface area contributed by atoms with Crippen LogP contribution in [0.3, 0.4) is 0 Å². The van der Waals surface area contributed by atoms with Gasteiger partial charge in [0.25, 0.3) is 0 Å². The fourth-order valence-corrected chi connectivity index (χ4v) is 13.2. The van der Waals surface area contributed by atoms with Crippen LogP contribution in [0.15, 0.2) is 12.2 Å². The maximum Gasteiger partial charge on any atom is 0.472 e. The average Bonchev–Trinajstić information content (AvgIpc) is 1.14. The van der Waals surface area contributed by atoms with Gasteiger partial charge in [0.2, 0.25) is 0 Å². The number of carbonyl (C=O) groups is 4. The third-order valence-corrected chi connectivity index (χ3v) is 19.7. The molecule has 0 aromatic heterocycles. The molecule has 0 radical (unpaired) electrons. The molecule has 2 unspecified atom stereocenters. The molecule has 0 spiro atoms. The van der Waals surface area contributed by atoms with Crippen LogP contribution in [0.1, 0.15) is 400 Å². The summed E-state index contributed by atoms with van der Waals surface area (Å²) in [4.78, 5) is 72.9. The summed E-state index contributed by atoms with van der Waals surface area (Å²) in [6, 6.07) is 0. The molecule has 0 aliphatic carbocycles. The largest absolute Gasteiger partial charge is 0.472 e. The topological polar surface area (TPSA) is 237 Å². The molecule has 0 aromatic rings. The Kier molecular flexibility index (Phi) is 69.6. The van der Waals surface area contributed by atoms with Gasteiger partial charge in [0.1, 0.15) is 19.3 Å². The summed E-state index contributed by atoms with van der Waals surface area (Å²) in [5.41, 5.74) is 0. The Morgan fingerprint density at radius 2 is 0.479 bits per heavy atom. The van der Waals surface area contributed by atoms with Crippen LogP contribution in [0.4, 0.5) is 0 Å². The second-order valence-electron chi connectivity index (χ2n) is 27.4. The molecule has 0 rings (SSSR count). The highest BCUT2D eigenvalue weighted by atomic mass is 31.2. The minimum Gasteiger partial charge on any atom is -0.462 e. The molecule has 0 saturated carbocycles. The number of esters is 4. The lowest BCUT2D eigenvalue weighted by Crippen LogP contribution is -2.30. The van der Waals surface area contributed by atoms with Gasteiger partial charge in [-0.3, -0.25) is 37.3 Å². The van der Waals surface area contributed by atoms with E-state index in [0.717, 1.165) is 109 Å². The number of hydrogen-bond donors (Lipinski definition) is 3. The molecular formula is C77H148O17P2. The molecule has 3 N–H and O–H groups in total. The Balaban J connectivity index is 5.27. The van der Waals surface area contributed by atoms with Crippen LogP contribution in [0, 0.1) is 0 Å². The van der Waals surface area contributed by atoms with Crippen LogP contribution >= 0.6 is 15.6 Å². The number of allylic oxidation sites excluding steroid dienone is 2. The average molecular weight is 1410 g/mol. The Labute approximate surface area is 587 Å². The van der Waals surface area contributed by atoms with Gasteiger partial charge in [0.05, 0.1) is 26.4 Å². The molecule has 0 aromatic carbocycles. The number of phosphoric acid groups is 2. The van der Waals surface area contributed by atoms with Crippen molar-refractivity contribution >= 4 is 39.5 Å². The van der Waals surface area contributed by atoms with E-state index in [2.05, 4.69) is 39.8 Å². The minimum atomic E-state index is -4.96. The highest BCUT2D eigenvalue weighted by Gasteiger charge is 2.30. The summed E-state index contributed by atoms with van der Waals surface area (Å²) in [5.74, 6) is -2.12. The molecule has 0 bridgehead atoms. The van der Waals surface area contributed by atoms with E-state index in [9.17, 15) is 43.2 Å². The highest BCUT2D eigenvalue weighted by molar-refractivity contribution is 7.47. The Morgan fingerprint density at radius 3 is 0.719 bits per heavy atom. The van der Waals surface area contributed by atoms with E-state index in [0.29, 0.717) is 25.7 Å². The van der Waals surface area contributed by atoms with Crippen LogP contribution in [-0.4, -0.2) is 96.7 Å². The predicted molar refractivity (Wildman–Crippen MR) is 391 cm³/mol. The highest BCUT2D eigenvalue weighted by Crippen LogP contribution is 2.45. The van der Waals surface area contributed by atoms with Crippen molar-refractivity contribution in [2.45, 2.75) is 418 Å². The minimum absolute atomic E-state index is 0.105.